The van der Waals surface area contributed by atoms with E-state index in [2.05, 4.69) is 97.9 Å². The lowest BCUT2D eigenvalue weighted by atomic mass is 9.66. The first-order valence-electron chi connectivity index (χ1n) is 15.8. The topological polar surface area (TPSA) is 77.8 Å². The average molecular weight is 601 g/mol. The number of allylic oxidation sites excluding steroid dienone is 19. The number of aliphatic hydroxyl groups excluding tert-OH is 3. The van der Waals surface area contributed by atoms with E-state index in [0.29, 0.717) is 18.4 Å². The Hall–Kier alpha value is -3.05. The van der Waals surface area contributed by atoms with E-state index in [4.69, 9.17) is 0 Å². The maximum Gasteiger partial charge on any atom is 0.187 e. The molecule has 44 heavy (non-hydrogen) atoms. The van der Waals surface area contributed by atoms with Crippen LogP contribution < -0.4 is 0 Å². The van der Waals surface area contributed by atoms with E-state index in [9.17, 15) is 20.1 Å². The van der Waals surface area contributed by atoms with Gasteiger partial charge in [-0.05, 0) is 75.9 Å². The van der Waals surface area contributed by atoms with Crippen LogP contribution in [-0.2, 0) is 4.79 Å². The summed E-state index contributed by atoms with van der Waals surface area (Å²) in [6, 6.07) is 0. The molecule has 2 aliphatic rings. The molecule has 4 atom stereocenters. The Bertz CT molecular complexity index is 1350. The number of Topliss-reactive ketones (excluding diaryl/α,β-unsaturated/α-hetero) is 1. The van der Waals surface area contributed by atoms with Crippen LogP contribution in [0.25, 0.3) is 0 Å². The fourth-order valence-electron chi connectivity index (χ4n) is 6.06. The third-order valence-electron chi connectivity index (χ3n) is 9.49. The second kappa shape index (κ2) is 15.8. The van der Waals surface area contributed by atoms with Crippen molar-refractivity contribution in [3.63, 3.8) is 0 Å². The van der Waals surface area contributed by atoms with Gasteiger partial charge in [-0.2, -0.15) is 0 Å². The fourth-order valence-corrected chi connectivity index (χ4v) is 6.06. The molecule has 1 saturated carbocycles. The highest BCUT2D eigenvalue weighted by Gasteiger charge is 2.55. The lowest BCUT2D eigenvalue weighted by Gasteiger charge is -2.39. The molecule has 0 aromatic heterocycles. The van der Waals surface area contributed by atoms with Crippen molar-refractivity contribution in [3.8, 4) is 0 Å². The van der Waals surface area contributed by atoms with Crippen LogP contribution in [0.3, 0.4) is 0 Å². The van der Waals surface area contributed by atoms with E-state index in [1.807, 2.05) is 49.5 Å². The van der Waals surface area contributed by atoms with Gasteiger partial charge >= 0.3 is 0 Å². The minimum atomic E-state index is -0.903. The standard InChI is InChI=1S/C40H56O4/c1-28(18-13-20-30(3)22-15-25-40(10)37(44)35(42)27-39(40,8)9)16-11-12-17-29(2)19-14-21-31(4)23-24-33-32(5)36(43)34(41)26-38(33,6)7/h11-24,34-35,37,41-42,44H,25-27H2,1-10H3/b12-11+,18-13+,19-14+,22-15+,24-23+,28-16+,29-17+,30-20+,31-21+/t34?,35?,37?,40-/m1/s1. The van der Waals surface area contributed by atoms with Crippen LogP contribution in [0, 0.1) is 16.2 Å². The molecule has 3 unspecified atom stereocenters. The Morgan fingerprint density at radius 3 is 1.70 bits per heavy atom. The van der Waals surface area contributed by atoms with Crippen molar-refractivity contribution in [1.82, 2.24) is 0 Å². The molecule has 0 spiro atoms. The number of ketones is 1. The Morgan fingerprint density at radius 2 is 1.20 bits per heavy atom. The summed E-state index contributed by atoms with van der Waals surface area (Å²) >= 11 is 0. The van der Waals surface area contributed by atoms with Gasteiger partial charge in [-0.25, -0.2) is 0 Å². The number of aliphatic hydroxyl groups is 3. The number of carbonyl (C=O) groups is 1. The minimum absolute atomic E-state index is 0.123. The molecule has 0 aromatic carbocycles. The van der Waals surface area contributed by atoms with Crippen LogP contribution in [0.5, 0.6) is 0 Å². The summed E-state index contributed by atoms with van der Waals surface area (Å²) in [7, 11) is 0. The molecular weight excluding hydrogens is 544 g/mol. The molecule has 240 valence electrons. The van der Waals surface area contributed by atoms with Gasteiger partial charge in [0.15, 0.2) is 5.78 Å². The molecule has 0 saturated heterocycles. The second-order valence-electron chi connectivity index (χ2n) is 14.2. The molecule has 0 bridgehead atoms. The van der Waals surface area contributed by atoms with Crippen molar-refractivity contribution in [1.29, 1.82) is 0 Å². The summed E-state index contributed by atoms with van der Waals surface area (Å²) in [5.74, 6) is -0.172. The predicted octanol–water partition coefficient (Wildman–Crippen LogP) is 8.78. The normalized spacial score (nSPS) is 29.2. The highest BCUT2D eigenvalue weighted by atomic mass is 16.3. The molecule has 0 radical (unpaired) electrons. The van der Waals surface area contributed by atoms with E-state index >= 15 is 0 Å². The first-order chi connectivity index (χ1) is 20.4. The van der Waals surface area contributed by atoms with Crippen molar-refractivity contribution in [2.75, 3.05) is 0 Å². The molecule has 4 heteroatoms. The van der Waals surface area contributed by atoms with Gasteiger partial charge in [0.05, 0.1) is 12.2 Å². The number of hydrogen-bond acceptors (Lipinski definition) is 4. The Balaban J connectivity index is 1.89. The van der Waals surface area contributed by atoms with Crippen molar-refractivity contribution in [3.05, 3.63) is 119 Å². The Labute approximate surface area is 267 Å². The largest absolute Gasteiger partial charge is 0.390 e. The van der Waals surface area contributed by atoms with Crippen LogP contribution in [0.2, 0.25) is 0 Å². The molecule has 2 rings (SSSR count). The van der Waals surface area contributed by atoms with Crippen molar-refractivity contribution in [2.24, 2.45) is 16.2 Å². The molecule has 1 fully saturated rings. The highest BCUT2D eigenvalue weighted by Crippen LogP contribution is 2.54. The molecule has 0 aliphatic heterocycles. The van der Waals surface area contributed by atoms with Crippen LogP contribution in [-0.4, -0.2) is 39.4 Å². The zero-order valence-electron chi connectivity index (χ0n) is 28.7. The SMILES string of the molecule is CC1=C(/C=C/C(C)=C/C=C/C(C)=C/C=C/C=C(C)/C=C/C=C(C)/C=C/C[C@]2(C)C(O)C(O)CC2(C)C)C(C)(C)CC(O)C1=O. The maximum absolute atomic E-state index is 12.2. The molecule has 0 heterocycles. The number of hydrogen-bond donors (Lipinski definition) is 3. The van der Waals surface area contributed by atoms with Gasteiger partial charge in [0.25, 0.3) is 0 Å². The summed E-state index contributed by atoms with van der Waals surface area (Å²) in [5.41, 5.74) is 5.40. The van der Waals surface area contributed by atoms with Crippen LogP contribution >= 0.6 is 0 Å². The van der Waals surface area contributed by atoms with Crippen molar-refractivity contribution in [2.45, 2.75) is 107 Å². The van der Waals surface area contributed by atoms with Crippen LogP contribution in [0.1, 0.15) is 88.5 Å². The molecule has 2 aliphatic carbocycles. The van der Waals surface area contributed by atoms with Gasteiger partial charge in [-0.3, -0.25) is 4.79 Å². The summed E-state index contributed by atoms with van der Waals surface area (Å²) in [6.07, 6.45) is 28.3. The zero-order chi connectivity index (χ0) is 33.3. The maximum atomic E-state index is 12.2. The van der Waals surface area contributed by atoms with Gasteiger partial charge in [0.2, 0.25) is 0 Å². The van der Waals surface area contributed by atoms with Gasteiger partial charge in [-0.15, -0.1) is 0 Å². The van der Waals surface area contributed by atoms with Crippen LogP contribution in [0.4, 0.5) is 0 Å². The van der Waals surface area contributed by atoms with Gasteiger partial charge in [-0.1, -0.05) is 142 Å². The summed E-state index contributed by atoms with van der Waals surface area (Å²) in [5, 5.41) is 30.7. The smallest absolute Gasteiger partial charge is 0.187 e. The molecule has 4 nitrogen and oxygen atoms in total. The first-order valence-corrected chi connectivity index (χ1v) is 15.8. The average Bonchev–Trinajstić information content (AvgIpc) is 3.07. The first kappa shape index (κ1) is 37.1. The molecule has 0 amide bonds. The Kier molecular flexibility index (Phi) is 13.3. The van der Waals surface area contributed by atoms with Gasteiger partial charge in [0, 0.05) is 5.41 Å². The quantitative estimate of drug-likeness (QED) is 0.207. The second-order valence-corrected chi connectivity index (χ2v) is 14.2. The predicted molar refractivity (Wildman–Crippen MR) is 186 cm³/mol. The van der Waals surface area contributed by atoms with E-state index < -0.39 is 18.3 Å². The number of carbonyl (C=O) groups excluding carboxylic acids is 1. The molecular formula is C40H56O4. The van der Waals surface area contributed by atoms with Crippen molar-refractivity contribution < 1.29 is 20.1 Å². The third-order valence-corrected chi connectivity index (χ3v) is 9.49. The lowest BCUT2D eigenvalue weighted by Crippen LogP contribution is -2.39. The van der Waals surface area contributed by atoms with Crippen LogP contribution in [0.15, 0.2) is 119 Å². The lowest BCUT2D eigenvalue weighted by molar-refractivity contribution is -0.125. The summed E-state index contributed by atoms with van der Waals surface area (Å²) in [4.78, 5) is 12.2. The van der Waals surface area contributed by atoms with Crippen molar-refractivity contribution >= 4 is 5.78 Å². The summed E-state index contributed by atoms with van der Waals surface area (Å²) < 4.78 is 0. The molecule has 0 aromatic rings. The minimum Gasteiger partial charge on any atom is -0.390 e. The fraction of sp³-hybridized carbons (Fsp3) is 0.475. The summed E-state index contributed by atoms with van der Waals surface area (Å²) in [6.45, 7) is 20.5. The third kappa shape index (κ3) is 9.99. The monoisotopic (exact) mass is 600 g/mol. The zero-order valence-corrected chi connectivity index (χ0v) is 28.7. The van der Waals surface area contributed by atoms with E-state index in [1.165, 1.54) is 0 Å². The van der Waals surface area contributed by atoms with E-state index in [0.717, 1.165) is 34.3 Å². The Morgan fingerprint density at radius 1 is 0.727 bits per heavy atom. The molecule has 3 N–H and O–H groups in total. The van der Waals surface area contributed by atoms with Gasteiger partial charge in [0.1, 0.15) is 6.10 Å². The number of rotatable bonds is 11. The van der Waals surface area contributed by atoms with E-state index in [-0.39, 0.29) is 22.0 Å². The van der Waals surface area contributed by atoms with Gasteiger partial charge < -0.3 is 15.3 Å². The van der Waals surface area contributed by atoms with E-state index in [1.54, 1.807) is 6.92 Å². The highest BCUT2D eigenvalue weighted by molar-refractivity contribution is 6.00.